The SMILES string of the molecule is CCOC(=O)c1ccccc1Nc1ccc(NC(=O)Cc2cccc(F)c2)cc1. The van der Waals surface area contributed by atoms with E-state index in [1.165, 1.54) is 12.1 Å². The highest BCUT2D eigenvalue weighted by Gasteiger charge is 2.12. The van der Waals surface area contributed by atoms with Crippen molar-refractivity contribution < 1.29 is 18.7 Å². The number of halogens is 1. The first-order valence-electron chi connectivity index (χ1n) is 9.22. The second kappa shape index (κ2) is 9.50. The zero-order valence-electron chi connectivity index (χ0n) is 15.9. The molecule has 0 aliphatic heterocycles. The number of carbonyl (C=O) groups excluding carboxylic acids is 2. The topological polar surface area (TPSA) is 67.4 Å². The second-order valence-corrected chi connectivity index (χ2v) is 6.32. The van der Waals surface area contributed by atoms with Gasteiger partial charge in [0, 0.05) is 11.4 Å². The highest BCUT2D eigenvalue weighted by atomic mass is 19.1. The van der Waals surface area contributed by atoms with Crippen molar-refractivity contribution in [1.29, 1.82) is 0 Å². The summed E-state index contributed by atoms with van der Waals surface area (Å²) in [6.45, 7) is 2.06. The Morgan fingerprint density at radius 2 is 1.66 bits per heavy atom. The first-order chi connectivity index (χ1) is 14.0. The molecule has 29 heavy (non-hydrogen) atoms. The third kappa shape index (κ3) is 5.65. The van der Waals surface area contributed by atoms with E-state index in [1.807, 2.05) is 6.07 Å². The summed E-state index contributed by atoms with van der Waals surface area (Å²) in [5, 5.41) is 5.97. The van der Waals surface area contributed by atoms with Gasteiger partial charge in [-0.15, -0.1) is 0 Å². The fraction of sp³-hybridized carbons (Fsp3) is 0.130. The van der Waals surface area contributed by atoms with Gasteiger partial charge >= 0.3 is 5.97 Å². The van der Waals surface area contributed by atoms with Crippen LogP contribution in [0.5, 0.6) is 0 Å². The summed E-state index contributed by atoms with van der Waals surface area (Å²) in [5.41, 5.74) is 3.06. The molecule has 2 N–H and O–H groups in total. The predicted octanol–water partition coefficient (Wildman–Crippen LogP) is 4.93. The van der Waals surface area contributed by atoms with E-state index in [0.29, 0.717) is 29.1 Å². The number of anilines is 3. The van der Waals surface area contributed by atoms with E-state index in [4.69, 9.17) is 4.74 Å². The van der Waals surface area contributed by atoms with Crippen LogP contribution in [0.4, 0.5) is 21.5 Å². The average Bonchev–Trinajstić information content (AvgIpc) is 2.70. The molecule has 5 nitrogen and oxygen atoms in total. The van der Waals surface area contributed by atoms with E-state index >= 15 is 0 Å². The molecule has 0 atom stereocenters. The van der Waals surface area contributed by atoms with Gasteiger partial charge in [-0.25, -0.2) is 9.18 Å². The summed E-state index contributed by atoms with van der Waals surface area (Å²) >= 11 is 0. The summed E-state index contributed by atoms with van der Waals surface area (Å²) in [6.07, 6.45) is 0.0880. The fourth-order valence-corrected chi connectivity index (χ4v) is 2.81. The quantitative estimate of drug-likeness (QED) is 0.560. The summed E-state index contributed by atoms with van der Waals surface area (Å²) in [7, 11) is 0. The molecule has 0 spiro atoms. The first kappa shape index (κ1) is 20.1. The van der Waals surface area contributed by atoms with Gasteiger partial charge in [-0.3, -0.25) is 4.79 Å². The van der Waals surface area contributed by atoms with Crippen molar-refractivity contribution in [3.8, 4) is 0 Å². The van der Waals surface area contributed by atoms with Gasteiger partial charge in [0.25, 0.3) is 0 Å². The number of nitrogens with one attached hydrogen (secondary N) is 2. The van der Waals surface area contributed by atoms with Gasteiger partial charge in [0.2, 0.25) is 5.91 Å². The lowest BCUT2D eigenvalue weighted by Crippen LogP contribution is -2.14. The Morgan fingerprint density at radius 1 is 0.931 bits per heavy atom. The molecule has 3 aromatic carbocycles. The van der Waals surface area contributed by atoms with E-state index in [2.05, 4.69) is 10.6 Å². The molecule has 0 unspecified atom stereocenters. The highest BCUT2D eigenvalue weighted by Crippen LogP contribution is 2.23. The number of benzene rings is 3. The van der Waals surface area contributed by atoms with Crippen LogP contribution in [-0.2, 0) is 16.0 Å². The Labute approximate surface area is 168 Å². The van der Waals surface area contributed by atoms with E-state index in [-0.39, 0.29) is 18.1 Å². The Hall–Kier alpha value is -3.67. The fourth-order valence-electron chi connectivity index (χ4n) is 2.81. The molecule has 6 heteroatoms. The van der Waals surface area contributed by atoms with Crippen molar-refractivity contribution in [2.24, 2.45) is 0 Å². The molecule has 1 amide bonds. The van der Waals surface area contributed by atoms with E-state index in [1.54, 1.807) is 61.5 Å². The van der Waals surface area contributed by atoms with Crippen LogP contribution in [0, 0.1) is 5.82 Å². The van der Waals surface area contributed by atoms with E-state index in [0.717, 1.165) is 5.69 Å². The van der Waals surface area contributed by atoms with Gasteiger partial charge in [0.15, 0.2) is 0 Å². The van der Waals surface area contributed by atoms with Crippen molar-refractivity contribution in [3.63, 3.8) is 0 Å². The minimum Gasteiger partial charge on any atom is -0.462 e. The van der Waals surface area contributed by atoms with Gasteiger partial charge < -0.3 is 15.4 Å². The van der Waals surface area contributed by atoms with Crippen LogP contribution in [0.15, 0.2) is 72.8 Å². The third-order valence-corrected chi connectivity index (χ3v) is 4.12. The molecule has 0 aliphatic rings. The number of amides is 1. The lowest BCUT2D eigenvalue weighted by Gasteiger charge is -2.12. The van der Waals surface area contributed by atoms with Crippen LogP contribution >= 0.6 is 0 Å². The van der Waals surface area contributed by atoms with Crippen LogP contribution in [0.2, 0.25) is 0 Å². The van der Waals surface area contributed by atoms with Crippen molar-refractivity contribution in [1.82, 2.24) is 0 Å². The molecular weight excluding hydrogens is 371 g/mol. The normalized spacial score (nSPS) is 10.3. The molecule has 148 valence electrons. The molecule has 3 aromatic rings. The Kier molecular flexibility index (Phi) is 6.58. The maximum atomic E-state index is 13.2. The van der Waals surface area contributed by atoms with Gasteiger partial charge in [-0.1, -0.05) is 24.3 Å². The van der Waals surface area contributed by atoms with Gasteiger partial charge in [0.1, 0.15) is 5.82 Å². The largest absolute Gasteiger partial charge is 0.462 e. The molecular formula is C23H21FN2O3. The lowest BCUT2D eigenvalue weighted by atomic mass is 10.1. The molecule has 0 heterocycles. The summed E-state index contributed by atoms with van der Waals surface area (Å²) in [4.78, 5) is 24.2. The third-order valence-electron chi connectivity index (χ3n) is 4.12. The number of ether oxygens (including phenoxy) is 1. The van der Waals surface area contributed by atoms with Crippen molar-refractivity contribution in [2.75, 3.05) is 17.2 Å². The minimum atomic E-state index is -0.392. The Balaban J connectivity index is 1.64. The zero-order chi connectivity index (χ0) is 20.6. The maximum Gasteiger partial charge on any atom is 0.340 e. The van der Waals surface area contributed by atoms with E-state index in [9.17, 15) is 14.0 Å². The molecule has 0 fully saturated rings. The van der Waals surface area contributed by atoms with Crippen molar-refractivity contribution >= 4 is 28.9 Å². The van der Waals surface area contributed by atoms with Crippen molar-refractivity contribution in [2.45, 2.75) is 13.3 Å². The highest BCUT2D eigenvalue weighted by molar-refractivity contribution is 5.96. The molecule has 0 saturated carbocycles. The summed E-state index contributed by atoms with van der Waals surface area (Å²) in [5.74, 6) is -0.991. The molecule has 0 saturated heterocycles. The molecule has 0 aliphatic carbocycles. The standard InChI is InChI=1S/C23H21FN2O3/c1-2-29-23(28)20-8-3-4-9-21(20)25-18-10-12-19(13-11-18)26-22(27)15-16-6-5-7-17(24)14-16/h3-14,25H,2,15H2,1H3,(H,26,27). The monoisotopic (exact) mass is 392 g/mol. The number of hydrogen-bond donors (Lipinski definition) is 2. The molecule has 0 aromatic heterocycles. The van der Waals surface area contributed by atoms with Crippen LogP contribution in [0.25, 0.3) is 0 Å². The van der Waals surface area contributed by atoms with Crippen LogP contribution in [0.1, 0.15) is 22.8 Å². The van der Waals surface area contributed by atoms with Crippen molar-refractivity contribution in [3.05, 3.63) is 89.7 Å². The maximum absolute atomic E-state index is 13.2. The predicted molar refractivity (Wildman–Crippen MR) is 111 cm³/mol. The van der Waals surface area contributed by atoms with E-state index < -0.39 is 5.97 Å². The molecule has 0 radical (unpaired) electrons. The Bertz CT molecular complexity index is 1000. The molecule has 0 bridgehead atoms. The number of para-hydroxylation sites is 1. The first-order valence-corrected chi connectivity index (χ1v) is 9.22. The van der Waals surface area contributed by atoms with Crippen LogP contribution in [0.3, 0.4) is 0 Å². The zero-order valence-corrected chi connectivity index (χ0v) is 15.9. The second-order valence-electron chi connectivity index (χ2n) is 6.32. The Morgan fingerprint density at radius 3 is 2.38 bits per heavy atom. The number of esters is 1. The van der Waals surface area contributed by atoms with Crippen LogP contribution in [-0.4, -0.2) is 18.5 Å². The van der Waals surface area contributed by atoms with Gasteiger partial charge in [-0.05, 0) is 61.0 Å². The molecule has 3 rings (SSSR count). The lowest BCUT2D eigenvalue weighted by molar-refractivity contribution is -0.115. The van der Waals surface area contributed by atoms with Gasteiger partial charge in [0.05, 0.1) is 24.3 Å². The van der Waals surface area contributed by atoms with Crippen LogP contribution < -0.4 is 10.6 Å². The minimum absolute atomic E-state index is 0.0880. The summed E-state index contributed by atoms with van der Waals surface area (Å²) in [6, 6.07) is 20.1. The number of carbonyl (C=O) groups is 2. The number of rotatable bonds is 7. The van der Waals surface area contributed by atoms with Gasteiger partial charge in [-0.2, -0.15) is 0 Å². The number of hydrogen-bond acceptors (Lipinski definition) is 4. The average molecular weight is 392 g/mol. The smallest absolute Gasteiger partial charge is 0.340 e. The summed E-state index contributed by atoms with van der Waals surface area (Å²) < 4.78 is 18.3.